The van der Waals surface area contributed by atoms with E-state index in [1.165, 1.54) is 12.1 Å². The maximum absolute atomic E-state index is 13.3. The molecule has 0 fully saturated rings. The van der Waals surface area contributed by atoms with E-state index in [0.29, 0.717) is 27.8 Å². The second-order valence-electron chi connectivity index (χ2n) is 11.1. The summed E-state index contributed by atoms with van der Waals surface area (Å²) < 4.78 is 6.15. The number of cyclic esters (lactones) is 1. The van der Waals surface area contributed by atoms with Gasteiger partial charge in [0.25, 0.3) is 0 Å². The van der Waals surface area contributed by atoms with Gasteiger partial charge < -0.3 is 35.4 Å². The van der Waals surface area contributed by atoms with E-state index in [9.17, 15) is 54.6 Å². The zero-order valence-electron chi connectivity index (χ0n) is 24.9. The van der Waals surface area contributed by atoms with E-state index in [1.54, 1.807) is 50.2 Å². The van der Waals surface area contributed by atoms with Gasteiger partial charge in [0.05, 0.1) is 31.7 Å². The van der Waals surface area contributed by atoms with E-state index < -0.39 is 61.6 Å². The summed E-state index contributed by atoms with van der Waals surface area (Å²) in [4.78, 5) is 61.4. The fourth-order valence-electron chi connectivity index (χ4n) is 5.75. The Kier molecular flexibility index (Phi) is 11.8. The van der Waals surface area contributed by atoms with Crippen LogP contribution in [0.15, 0.2) is 48.5 Å². The van der Waals surface area contributed by atoms with Crippen molar-refractivity contribution < 1.29 is 59.3 Å². The summed E-state index contributed by atoms with van der Waals surface area (Å²) in [7, 11) is 0. The molecule has 3 aromatic carbocycles. The number of carbonyl (C=O) groups excluding carboxylic acids is 1. The maximum atomic E-state index is 13.3. The number of fused-ring (bicyclic) bond motifs is 1. The van der Waals surface area contributed by atoms with Gasteiger partial charge in [-0.15, -0.1) is 0 Å². The molecule has 0 saturated carbocycles. The normalized spacial score (nSPS) is 13.1. The van der Waals surface area contributed by atoms with Gasteiger partial charge in [-0.25, -0.2) is 4.79 Å². The van der Waals surface area contributed by atoms with Crippen molar-refractivity contribution in [1.82, 2.24) is 9.80 Å². The Morgan fingerprint density at radius 3 is 1.45 bits per heavy atom. The van der Waals surface area contributed by atoms with Gasteiger partial charge in [0.1, 0.15) is 11.5 Å². The fraction of sp³-hybridized carbons (Fsp3) is 0.281. The molecule has 0 saturated heterocycles. The number of ether oxygens (including phenoxy) is 1. The predicted octanol–water partition coefficient (Wildman–Crippen LogP) is 1.47. The average molecular weight is 661 g/mol. The summed E-state index contributed by atoms with van der Waals surface area (Å²) in [5.74, 6) is -6.26. The number of carbonyl (C=O) groups is 5. The molecule has 0 radical (unpaired) electrons. The number of hydrogen-bond acceptors (Lipinski definition) is 10. The molecule has 0 atom stereocenters. The van der Waals surface area contributed by atoms with Gasteiger partial charge in [-0.2, -0.15) is 0 Å². The first-order chi connectivity index (χ1) is 21.6. The number of aliphatic carboxylic acids is 4. The molecule has 14 nitrogen and oxygen atoms in total. The van der Waals surface area contributed by atoms with Crippen molar-refractivity contribution in [3.63, 3.8) is 0 Å². The molecule has 1 aliphatic heterocycles. The molecule has 15 heteroatoms. The third-order valence-electron chi connectivity index (χ3n) is 7.57. The zero-order chi connectivity index (χ0) is 33.9. The van der Waals surface area contributed by atoms with Crippen LogP contribution in [0.5, 0.6) is 11.5 Å². The first-order valence-electron chi connectivity index (χ1n) is 13.9. The Hall–Kier alpha value is -4.47. The van der Waals surface area contributed by atoms with Gasteiger partial charge in [-0.3, -0.25) is 29.0 Å². The SMILES string of the molecule is Cc1cc(C2(c3cc(C)c(O)c(CN(CC(=O)O)CC(=O)O)c3)OC(=O)c3ccccc32)cc(CN(CC(=O)O)CC(=O)O)c1O.[NaH]. The Labute approximate surface area is 290 Å². The molecule has 47 heavy (non-hydrogen) atoms. The molecule has 4 rings (SSSR count). The molecular weight excluding hydrogens is 627 g/mol. The average Bonchev–Trinajstić information content (AvgIpc) is 3.25. The van der Waals surface area contributed by atoms with Crippen molar-refractivity contribution in [1.29, 1.82) is 0 Å². The minimum absolute atomic E-state index is 0. The van der Waals surface area contributed by atoms with Crippen molar-refractivity contribution in [2.75, 3.05) is 26.2 Å². The molecule has 244 valence electrons. The molecule has 0 bridgehead atoms. The molecule has 1 heterocycles. The van der Waals surface area contributed by atoms with Crippen LogP contribution < -0.4 is 0 Å². The quantitative estimate of drug-likeness (QED) is 0.106. The van der Waals surface area contributed by atoms with E-state index in [1.807, 2.05) is 0 Å². The number of aromatic hydroxyl groups is 2. The Bertz CT molecular complexity index is 1620. The number of esters is 1. The van der Waals surface area contributed by atoms with Gasteiger partial charge in [0.15, 0.2) is 5.60 Å². The van der Waals surface area contributed by atoms with Crippen LogP contribution in [0, 0.1) is 13.8 Å². The second-order valence-corrected chi connectivity index (χ2v) is 11.1. The van der Waals surface area contributed by atoms with E-state index in [2.05, 4.69) is 0 Å². The van der Waals surface area contributed by atoms with Gasteiger partial charge in [0, 0.05) is 40.9 Å². The van der Waals surface area contributed by atoms with Crippen LogP contribution in [0.1, 0.15) is 49.3 Å². The van der Waals surface area contributed by atoms with Gasteiger partial charge in [-0.05, 0) is 55.3 Å². The minimum atomic E-state index is -1.71. The van der Waals surface area contributed by atoms with Crippen LogP contribution in [0.2, 0.25) is 0 Å². The number of rotatable bonds is 14. The van der Waals surface area contributed by atoms with Crippen molar-refractivity contribution in [3.05, 3.63) is 93.0 Å². The van der Waals surface area contributed by atoms with E-state index in [0.717, 1.165) is 9.80 Å². The fourth-order valence-corrected chi connectivity index (χ4v) is 5.75. The summed E-state index contributed by atoms with van der Waals surface area (Å²) in [6.07, 6.45) is 0. The van der Waals surface area contributed by atoms with E-state index in [-0.39, 0.29) is 70.8 Å². The van der Waals surface area contributed by atoms with Crippen LogP contribution in [0.4, 0.5) is 0 Å². The third kappa shape index (κ3) is 8.10. The van der Waals surface area contributed by atoms with Crippen molar-refractivity contribution in [2.24, 2.45) is 0 Å². The topological polar surface area (TPSA) is 222 Å². The predicted molar refractivity (Wildman–Crippen MR) is 166 cm³/mol. The molecule has 0 amide bonds. The molecule has 0 unspecified atom stereocenters. The molecule has 0 spiro atoms. The molecular formula is C32H33N2NaO12. The number of aryl methyl sites for hydroxylation is 2. The number of benzene rings is 3. The Balaban J connectivity index is 0.00000600. The molecule has 0 aliphatic carbocycles. The third-order valence-corrected chi connectivity index (χ3v) is 7.57. The van der Waals surface area contributed by atoms with Crippen LogP contribution in [0.25, 0.3) is 0 Å². The van der Waals surface area contributed by atoms with E-state index >= 15 is 0 Å². The van der Waals surface area contributed by atoms with Crippen LogP contribution in [0.3, 0.4) is 0 Å². The Morgan fingerprint density at radius 2 is 1.06 bits per heavy atom. The van der Waals surface area contributed by atoms with Gasteiger partial charge >= 0.3 is 59.4 Å². The molecule has 1 aliphatic rings. The number of phenols is 2. The zero-order valence-corrected chi connectivity index (χ0v) is 24.9. The van der Waals surface area contributed by atoms with E-state index in [4.69, 9.17) is 4.74 Å². The molecule has 3 aromatic rings. The number of nitrogens with zero attached hydrogens (tertiary/aromatic N) is 2. The summed E-state index contributed by atoms with van der Waals surface area (Å²) >= 11 is 0. The number of hydrogen-bond donors (Lipinski definition) is 6. The summed E-state index contributed by atoms with van der Waals surface area (Å²) in [6.45, 7) is 0.0158. The van der Waals surface area contributed by atoms with Crippen LogP contribution >= 0.6 is 0 Å². The number of phenolic OH excluding ortho intramolecular Hbond substituents is 2. The van der Waals surface area contributed by atoms with Crippen LogP contribution in [-0.4, -0.2) is 126 Å². The van der Waals surface area contributed by atoms with Gasteiger partial charge in [0.2, 0.25) is 0 Å². The summed E-state index contributed by atoms with van der Waals surface area (Å²) in [5.41, 5.74) is 0.459. The number of carboxylic acid groups (broad SMARTS) is 4. The second kappa shape index (κ2) is 15.0. The standard InChI is InChI=1S/C32H32N2O12.Na.H/c1-17-7-21(9-19(29(17)43)11-33(13-25(35)36)14-26(37)38)32(24-6-4-3-5-23(24)31(45)46-32)22-8-18(2)30(44)20(10-22)12-34(15-27(39)40)16-28(41)42;;/h3-10,43-44H,11-16H2,1-2H3,(H,35,36)(H,37,38)(H,39,40)(H,41,42);;. The van der Waals surface area contributed by atoms with Crippen molar-refractivity contribution in [2.45, 2.75) is 32.5 Å². The summed E-state index contributed by atoms with van der Waals surface area (Å²) in [5, 5.41) is 59.3. The van der Waals surface area contributed by atoms with Crippen LogP contribution in [-0.2, 0) is 42.6 Å². The molecule has 0 aromatic heterocycles. The summed E-state index contributed by atoms with van der Waals surface area (Å²) in [6, 6.07) is 12.6. The van der Waals surface area contributed by atoms with Crippen molar-refractivity contribution >= 4 is 59.4 Å². The Morgan fingerprint density at radius 1 is 0.681 bits per heavy atom. The van der Waals surface area contributed by atoms with Crippen molar-refractivity contribution in [3.8, 4) is 11.5 Å². The number of carboxylic acids is 4. The first-order valence-corrected chi connectivity index (χ1v) is 13.9. The van der Waals surface area contributed by atoms with Gasteiger partial charge in [-0.1, -0.05) is 18.2 Å². The first kappa shape index (κ1) is 37.0. The monoisotopic (exact) mass is 660 g/mol. The molecule has 6 N–H and O–H groups in total.